The van der Waals surface area contributed by atoms with E-state index < -0.39 is 0 Å². The van der Waals surface area contributed by atoms with E-state index in [2.05, 4.69) is 4.98 Å². The van der Waals surface area contributed by atoms with Crippen LogP contribution in [0.15, 0.2) is 18.3 Å². The Morgan fingerprint density at radius 1 is 1.58 bits per heavy atom. The molecule has 12 heavy (non-hydrogen) atoms. The van der Waals surface area contributed by atoms with Crippen LogP contribution in [0.1, 0.15) is 11.3 Å². The van der Waals surface area contributed by atoms with Gasteiger partial charge in [0.15, 0.2) is 0 Å². The number of pyridine rings is 1. The molecule has 0 aliphatic rings. The summed E-state index contributed by atoms with van der Waals surface area (Å²) in [6.07, 6.45) is 2.42. The number of methoxy groups -OCH3 is 1. The molecule has 0 unspecified atom stereocenters. The molecule has 3 heteroatoms. The molecule has 0 saturated carbocycles. The minimum absolute atomic E-state index is 0.177. The van der Waals surface area contributed by atoms with Crippen LogP contribution in [0.2, 0.25) is 0 Å². The Bertz CT molecular complexity index is 216. The smallest absolute Gasteiger partial charge is 0.0884 e. The van der Waals surface area contributed by atoms with Crippen molar-refractivity contribution < 1.29 is 9.84 Å². The van der Waals surface area contributed by atoms with Crippen molar-refractivity contribution in [3.63, 3.8) is 0 Å². The van der Waals surface area contributed by atoms with Crippen molar-refractivity contribution in [1.82, 2.24) is 4.98 Å². The topological polar surface area (TPSA) is 42.4 Å². The van der Waals surface area contributed by atoms with Gasteiger partial charge in [-0.3, -0.25) is 4.98 Å². The molecule has 0 fully saturated rings. The van der Waals surface area contributed by atoms with Gasteiger partial charge in [0.05, 0.1) is 12.3 Å². The first-order valence-corrected chi connectivity index (χ1v) is 3.90. The van der Waals surface area contributed by atoms with Crippen LogP contribution < -0.4 is 0 Å². The van der Waals surface area contributed by atoms with Gasteiger partial charge in [0.25, 0.3) is 0 Å². The maximum Gasteiger partial charge on any atom is 0.0884 e. The number of aliphatic hydroxyl groups is 1. The van der Waals surface area contributed by atoms with E-state index in [1.54, 1.807) is 13.3 Å². The highest BCUT2D eigenvalue weighted by Crippen LogP contribution is 2.03. The molecule has 0 radical (unpaired) electrons. The molecule has 1 aromatic heterocycles. The number of rotatable bonds is 4. The third-order valence-electron chi connectivity index (χ3n) is 1.57. The summed E-state index contributed by atoms with van der Waals surface area (Å²) in [5.74, 6) is 0. The first-order chi connectivity index (χ1) is 5.86. The minimum atomic E-state index is 0.177. The Labute approximate surface area is 72.0 Å². The van der Waals surface area contributed by atoms with E-state index in [0.717, 1.165) is 11.3 Å². The van der Waals surface area contributed by atoms with Gasteiger partial charge in [-0.05, 0) is 24.1 Å². The van der Waals surface area contributed by atoms with Crippen LogP contribution in [0.5, 0.6) is 0 Å². The van der Waals surface area contributed by atoms with Crippen LogP contribution >= 0.6 is 0 Å². The summed E-state index contributed by atoms with van der Waals surface area (Å²) in [4.78, 5) is 4.10. The molecule has 1 aromatic rings. The van der Waals surface area contributed by atoms with Gasteiger partial charge in [-0.1, -0.05) is 0 Å². The zero-order valence-electron chi connectivity index (χ0n) is 7.16. The van der Waals surface area contributed by atoms with Crippen molar-refractivity contribution in [2.24, 2.45) is 0 Å². The predicted molar refractivity (Wildman–Crippen MR) is 45.7 cm³/mol. The van der Waals surface area contributed by atoms with E-state index in [-0.39, 0.29) is 6.61 Å². The molecule has 1 rings (SSSR count). The number of aromatic nitrogens is 1. The van der Waals surface area contributed by atoms with Crippen LogP contribution in [-0.2, 0) is 17.8 Å². The van der Waals surface area contributed by atoms with E-state index in [4.69, 9.17) is 9.84 Å². The van der Waals surface area contributed by atoms with Gasteiger partial charge in [0.1, 0.15) is 0 Å². The van der Waals surface area contributed by atoms with Crippen molar-refractivity contribution in [1.29, 1.82) is 0 Å². The number of hydrogen-bond donors (Lipinski definition) is 1. The van der Waals surface area contributed by atoms with Gasteiger partial charge in [-0.2, -0.15) is 0 Å². The van der Waals surface area contributed by atoms with Crippen LogP contribution in [-0.4, -0.2) is 23.8 Å². The SMILES string of the molecule is COCc1cc(CCO)ccn1. The van der Waals surface area contributed by atoms with Gasteiger partial charge < -0.3 is 9.84 Å². The Hall–Kier alpha value is -0.930. The minimum Gasteiger partial charge on any atom is -0.396 e. The molecule has 0 spiro atoms. The van der Waals surface area contributed by atoms with E-state index >= 15 is 0 Å². The highest BCUT2D eigenvalue weighted by Gasteiger charge is 1.95. The molecule has 0 amide bonds. The molecule has 0 aromatic carbocycles. The standard InChI is InChI=1S/C9H13NO2/c1-12-7-9-6-8(3-5-11)2-4-10-9/h2,4,6,11H,3,5,7H2,1H3. The molecule has 66 valence electrons. The Balaban J connectivity index is 2.67. The lowest BCUT2D eigenvalue weighted by Gasteiger charge is -2.01. The maximum absolute atomic E-state index is 8.69. The fourth-order valence-electron chi connectivity index (χ4n) is 1.04. The first kappa shape index (κ1) is 9.16. The van der Waals surface area contributed by atoms with Crippen molar-refractivity contribution in [3.8, 4) is 0 Å². The molecular weight excluding hydrogens is 154 g/mol. The maximum atomic E-state index is 8.69. The highest BCUT2D eigenvalue weighted by atomic mass is 16.5. The molecular formula is C9H13NO2. The summed E-state index contributed by atoms with van der Waals surface area (Å²) >= 11 is 0. The fraction of sp³-hybridized carbons (Fsp3) is 0.444. The van der Waals surface area contributed by atoms with Crippen molar-refractivity contribution in [2.75, 3.05) is 13.7 Å². The number of nitrogens with zero attached hydrogens (tertiary/aromatic N) is 1. The summed E-state index contributed by atoms with van der Waals surface area (Å²) < 4.78 is 4.94. The second-order valence-corrected chi connectivity index (χ2v) is 2.56. The normalized spacial score (nSPS) is 10.2. The van der Waals surface area contributed by atoms with Crippen LogP contribution in [0.25, 0.3) is 0 Å². The molecule has 1 heterocycles. The molecule has 0 bridgehead atoms. The zero-order chi connectivity index (χ0) is 8.81. The van der Waals surface area contributed by atoms with Crippen LogP contribution in [0.3, 0.4) is 0 Å². The third-order valence-corrected chi connectivity index (χ3v) is 1.57. The molecule has 0 aliphatic carbocycles. The van der Waals surface area contributed by atoms with Gasteiger partial charge in [0, 0.05) is 19.9 Å². The molecule has 0 atom stereocenters. The van der Waals surface area contributed by atoms with Gasteiger partial charge in [-0.15, -0.1) is 0 Å². The first-order valence-electron chi connectivity index (χ1n) is 3.90. The lowest BCUT2D eigenvalue weighted by molar-refractivity contribution is 0.181. The van der Waals surface area contributed by atoms with Crippen molar-refractivity contribution in [2.45, 2.75) is 13.0 Å². The zero-order valence-corrected chi connectivity index (χ0v) is 7.16. The lowest BCUT2D eigenvalue weighted by atomic mass is 10.2. The summed E-state index contributed by atoms with van der Waals surface area (Å²) in [5.41, 5.74) is 2.00. The van der Waals surface area contributed by atoms with Crippen molar-refractivity contribution in [3.05, 3.63) is 29.6 Å². The second kappa shape index (κ2) is 4.85. The number of hydrogen-bond acceptors (Lipinski definition) is 3. The summed E-state index contributed by atoms with van der Waals surface area (Å²) in [6, 6.07) is 3.84. The predicted octanol–water partition coefficient (Wildman–Crippen LogP) is 0.763. The third kappa shape index (κ3) is 2.60. The average molecular weight is 167 g/mol. The monoisotopic (exact) mass is 167 g/mol. The summed E-state index contributed by atoms with van der Waals surface area (Å²) in [7, 11) is 1.64. The second-order valence-electron chi connectivity index (χ2n) is 2.56. The number of aliphatic hydroxyl groups excluding tert-OH is 1. The van der Waals surface area contributed by atoms with E-state index in [1.807, 2.05) is 12.1 Å². The van der Waals surface area contributed by atoms with Gasteiger partial charge in [-0.25, -0.2) is 0 Å². The van der Waals surface area contributed by atoms with Crippen molar-refractivity contribution >= 4 is 0 Å². The van der Waals surface area contributed by atoms with E-state index in [0.29, 0.717) is 13.0 Å². The summed E-state index contributed by atoms with van der Waals surface area (Å²) in [6.45, 7) is 0.704. The van der Waals surface area contributed by atoms with E-state index in [9.17, 15) is 0 Å². The number of ether oxygens (including phenoxy) is 1. The quantitative estimate of drug-likeness (QED) is 0.720. The molecule has 0 aliphatic heterocycles. The largest absolute Gasteiger partial charge is 0.396 e. The molecule has 0 saturated heterocycles. The van der Waals surface area contributed by atoms with Gasteiger partial charge in [0.2, 0.25) is 0 Å². The summed E-state index contributed by atoms with van der Waals surface area (Å²) in [5, 5.41) is 8.69. The van der Waals surface area contributed by atoms with Crippen LogP contribution in [0, 0.1) is 0 Å². The Morgan fingerprint density at radius 2 is 2.42 bits per heavy atom. The Kier molecular flexibility index (Phi) is 3.70. The highest BCUT2D eigenvalue weighted by molar-refractivity contribution is 5.15. The van der Waals surface area contributed by atoms with Crippen LogP contribution in [0.4, 0.5) is 0 Å². The molecule has 1 N–H and O–H groups in total. The fourth-order valence-corrected chi connectivity index (χ4v) is 1.04. The average Bonchev–Trinajstić information content (AvgIpc) is 2.06. The molecule has 3 nitrogen and oxygen atoms in total. The lowest BCUT2D eigenvalue weighted by Crippen LogP contribution is -1.96. The van der Waals surface area contributed by atoms with Gasteiger partial charge >= 0.3 is 0 Å². The van der Waals surface area contributed by atoms with E-state index in [1.165, 1.54) is 0 Å². The Morgan fingerprint density at radius 3 is 3.08 bits per heavy atom.